The van der Waals surface area contributed by atoms with Gasteiger partial charge in [0.05, 0.1) is 22.6 Å². The number of amides is 4. The first-order valence-electron chi connectivity index (χ1n) is 20.0. The molecule has 10 rings (SSSR count). The van der Waals surface area contributed by atoms with E-state index in [2.05, 4.69) is 29.8 Å². The molecule has 4 amide bonds. The highest BCUT2D eigenvalue weighted by Crippen LogP contribution is 2.41. The van der Waals surface area contributed by atoms with Gasteiger partial charge in [-0.25, -0.2) is 14.6 Å². The molecule has 6 heterocycles. The van der Waals surface area contributed by atoms with Gasteiger partial charge in [0.25, 0.3) is 11.8 Å². The molecule has 57 heavy (non-hydrogen) atoms. The molecule has 14 nitrogen and oxygen atoms in total. The number of nitrogen functional groups attached to an aromatic ring is 1. The van der Waals surface area contributed by atoms with Gasteiger partial charge in [0.15, 0.2) is 5.65 Å². The van der Waals surface area contributed by atoms with Gasteiger partial charge in [-0.2, -0.15) is 5.10 Å². The Morgan fingerprint density at radius 1 is 0.754 bits per heavy atom. The molecule has 3 N–H and O–H groups in total. The van der Waals surface area contributed by atoms with E-state index in [4.69, 9.17) is 15.6 Å². The number of carbonyl (C=O) groups excluding carboxylic acids is 4. The minimum atomic E-state index is -0.971. The van der Waals surface area contributed by atoms with Crippen LogP contribution in [0.3, 0.4) is 0 Å². The largest absolute Gasteiger partial charge is 0.457 e. The number of para-hydroxylation sites is 1. The minimum Gasteiger partial charge on any atom is -0.457 e. The average molecular weight is 766 g/mol. The number of ether oxygens (including phenoxy) is 1. The van der Waals surface area contributed by atoms with Crippen molar-refractivity contribution in [3.8, 4) is 22.8 Å². The van der Waals surface area contributed by atoms with Crippen LogP contribution in [0.2, 0.25) is 0 Å². The number of fused-ring (bicyclic) bond motifs is 4. The van der Waals surface area contributed by atoms with E-state index in [1.54, 1.807) is 6.07 Å². The Morgan fingerprint density at radius 2 is 1.46 bits per heavy atom. The Bertz CT molecular complexity index is 2400. The van der Waals surface area contributed by atoms with Gasteiger partial charge in [0.1, 0.15) is 35.4 Å². The molecule has 3 aromatic carbocycles. The molecule has 0 spiro atoms. The van der Waals surface area contributed by atoms with E-state index < -0.39 is 23.8 Å². The Hall–Kier alpha value is -6.15. The summed E-state index contributed by atoms with van der Waals surface area (Å²) >= 11 is 0. The van der Waals surface area contributed by atoms with Crippen molar-refractivity contribution < 1.29 is 23.9 Å². The first-order valence-corrected chi connectivity index (χ1v) is 20.0. The fraction of sp³-hybridized carbons (Fsp3) is 0.372. The molecule has 2 bridgehead atoms. The Labute approximate surface area is 329 Å². The van der Waals surface area contributed by atoms with Crippen LogP contribution in [0.15, 0.2) is 79.1 Å². The monoisotopic (exact) mass is 765 g/mol. The number of benzene rings is 3. The number of nitrogens with two attached hydrogens (primary N) is 1. The third-order valence-electron chi connectivity index (χ3n) is 12.7. The van der Waals surface area contributed by atoms with Crippen molar-refractivity contribution in [1.82, 2.24) is 34.9 Å². The lowest BCUT2D eigenvalue weighted by atomic mass is 9.85. The number of carbonyl (C=O) groups is 4. The van der Waals surface area contributed by atoms with E-state index in [1.165, 1.54) is 6.33 Å². The van der Waals surface area contributed by atoms with Crippen molar-refractivity contribution in [3.63, 3.8) is 0 Å². The van der Waals surface area contributed by atoms with Gasteiger partial charge < -0.3 is 15.4 Å². The van der Waals surface area contributed by atoms with Crippen LogP contribution in [0.5, 0.6) is 11.5 Å². The molecule has 290 valence electrons. The van der Waals surface area contributed by atoms with Crippen molar-refractivity contribution in [2.45, 2.75) is 75.5 Å². The van der Waals surface area contributed by atoms with Crippen LogP contribution in [0.4, 0.5) is 11.5 Å². The second kappa shape index (κ2) is 14.1. The molecule has 5 aliphatic rings. The number of imide groups is 2. The minimum absolute atomic E-state index is 0.0967. The third-order valence-corrected chi connectivity index (χ3v) is 12.7. The maximum absolute atomic E-state index is 13.5. The van der Waals surface area contributed by atoms with E-state index in [9.17, 15) is 19.2 Å². The number of nitrogens with zero attached hydrogens (tertiary/aromatic N) is 7. The molecule has 1 aliphatic carbocycles. The van der Waals surface area contributed by atoms with Crippen LogP contribution in [0, 0.1) is 5.92 Å². The summed E-state index contributed by atoms with van der Waals surface area (Å²) in [5.74, 6) is 0.585. The average Bonchev–Trinajstić information content (AvgIpc) is 3.81. The van der Waals surface area contributed by atoms with E-state index >= 15 is 0 Å². The smallest absolute Gasteiger partial charge is 0.262 e. The lowest BCUT2D eigenvalue weighted by Gasteiger charge is -2.44. The molecule has 14 heteroatoms. The summed E-state index contributed by atoms with van der Waals surface area (Å²) in [5.41, 5.74) is 10.5. The highest BCUT2D eigenvalue weighted by molar-refractivity contribution is 6.23. The normalized spacial score (nSPS) is 24.9. The Kier molecular flexibility index (Phi) is 8.73. The first kappa shape index (κ1) is 35.3. The van der Waals surface area contributed by atoms with Crippen molar-refractivity contribution in [2.75, 3.05) is 30.3 Å². The van der Waals surface area contributed by atoms with Crippen LogP contribution in [0.1, 0.15) is 78.1 Å². The SMILES string of the molecule is Nc1ncnc2c1c(-c1ccc(Oc3ccccc3)cc1)nn2C1CCC(CN2C3CCC2CN(c2ccc4c(c2)C(=O)N(C2CCC(=O)NC2=O)C4=O)C3)CC1. The molecule has 0 radical (unpaired) electrons. The van der Waals surface area contributed by atoms with Gasteiger partial charge in [-0.3, -0.25) is 34.3 Å². The van der Waals surface area contributed by atoms with Gasteiger partial charge in [0, 0.05) is 49.4 Å². The molecule has 4 fully saturated rings. The number of anilines is 2. The summed E-state index contributed by atoms with van der Waals surface area (Å²) in [6, 6.07) is 23.1. The number of piperidine rings is 1. The quantitative estimate of drug-likeness (QED) is 0.195. The lowest BCUT2D eigenvalue weighted by molar-refractivity contribution is -0.136. The van der Waals surface area contributed by atoms with Gasteiger partial charge in [-0.15, -0.1) is 0 Å². The van der Waals surface area contributed by atoms with Gasteiger partial charge in [-0.1, -0.05) is 18.2 Å². The number of aromatic nitrogens is 4. The van der Waals surface area contributed by atoms with Gasteiger partial charge in [-0.05, 0) is 105 Å². The first-order chi connectivity index (χ1) is 27.8. The molecule has 4 aliphatic heterocycles. The molecule has 3 saturated heterocycles. The van der Waals surface area contributed by atoms with Crippen LogP contribution < -0.4 is 20.7 Å². The highest BCUT2D eigenvalue weighted by atomic mass is 16.5. The summed E-state index contributed by atoms with van der Waals surface area (Å²) < 4.78 is 8.09. The van der Waals surface area contributed by atoms with Crippen LogP contribution in [0.25, 0.3) is 22.3 Å². The summed E-state index contributed by atoms with van der Waals surface area (Å²) in [5, 5.41) is 8.18. The molecule has 2 aromatic heterocycles. The van der Waals surface area contributed by atoms with Gasteiger partial charge >= 0.3 is 0 Å². The fourth-order valence-corrected chi connectivity index (χ4v) is 9.78. The van der Waals surface area contributed by atoms with Crippen molar-refractivity contribution >= 4 is 46.2 Å². The zero-order valence-corrected chi connectivity index (χ0v) is 31.4. The maximum Gasteiger partial charge on any atom is 0.262 e. The Morgan fingerprint density at radius 3 is 2.19 bits per heavy atom. The van der Waals surface area contributed by atoms with E-state index in [1.807, 2.05) is 66.7 Å². The second-order valence-electron chi connectivity index (χ2n) is 16.0. The fourth-order valence-electron chi connectivity index (χ4n) is 9.78. The Balaban J connectivity index is 0.789. The topological polar surface area (TPSA) is 169 Å². The number of piperazine rings is 1. The third kappa shape index (κ3) is 6.28. The van der Waals surface area contributed by atoms with Crippen LogP contribution in [-0.2, 0) is 9.59 Å². The number of rotatable bonds is 8. The van der Waals surface area contributed by atoms with Gasteiger partial charge in [0.2, 0.25) is 11.8 Å². The summed E-state index contributed by atoms with van der Waals surface area (Å²) in [7, 11) is 0. The van der Waals surface area contributed by atoms with E-state index in [0.717, 1.165) is 103 Å². The second-order valence-corrected chi connectivity index (χ2v) is 16.0. The zero-order valence-electron chi connectivity index (χ0n) is 31.4. The molecule has 3 unspecified atom stereocenters. The molecule has 5 aromatic rings. The van der Waals surface area contributed by atoms with Crippen molar-refractivity contribution in [1.29, 1.82) is 0 Å². The lowest BCUT2D eigenvalue weighted by Crippen LogP contribution is -2.55. The molecule has 3 atom stereocenters. The molecule has 1 saturated carbocycles. The number of hydrogen-bond donors (Lipinski definition) is 2. The number of nitrogens with one attached hydrogen (secondary N) is 1. The molecular formula is C43H43N9O5. The van der Waals surface area contributed by atoms with E-state index in [-0.39, 0.29) is 24.8 Å². The predicted molar refractivity (Wildman–Crippen MR) is 212 cm³/mol. The predicted octanol–water partition coefficient (Wildman–Crippen LogP) is 5.35. The summed E-state index contributed by atoms with van der Waals surface area (Å²) in [6.45, 7) is 2.77. The highest BCUT2D eigenvalue weighted by Gasteiger charge is 2.46. The van der Waals surface area contributed by atoms with Crippen LogP contribution in [-0.4, -0.2) is 90.9 Å². The van der Waals surface area contributed by atoms with E-state index in [0.29, 0.717) is 34.9 Å². The number of hydrogen-bond acceptors (Lipinski definition) is 11. The standard InChI is InChI=1S/C43H43N9O5/c44-39-37-38(26-8-15-32(16-9-26)57-31-4-2-1-3-5-31)48-52(40(37)46-24-45-39)27-10-6-25(7-11-27)21-50-29-12-13-30(50)23-49(22-29)28-14-17-33-34(20-28)43(56)51(42(33)55)35-18-19-36(53)47-41(35)54/h1-5,8-9,14-17,20,24-25,27,29-30,35H,6-7,10-13,18-19,21-23H2,(H2,44,45,46)(H,47,53,54). The zero-order chi connectivity index (χ0) is 38.8. The molecular weight excluding hydrogens is 723 g/mol. The summed E-state index contributed by atoms with van der Waals surface area (Å²) in [6.07, 6.45) is 8.21. The van der Waals surface area contributed by atoms with Crippen molar-refractivity contribution in [3.05, 3.63) is 90.3 Å². The maximum atomic E-state index is 13.5. The van der Waals surface area contributed by atoms with Crippen molar-refractivity contribution in [2.24, 2.45) is 5.92 Å². The van der Waals surface area contributed by atoms with Crippen LogP contribution >= 0.6 is 0 Å². The summed E-state index contributed by atoms with van der Waals surface area (Å²) in [4.78, 5) is 66.1.